The lowest BCUT2D eigenvalue weighted by atomic mass is 9.93. The summed E-state index contributed by atoms with van der Waals surface area (Å²) in [6.07, 6.45) is 1.29. The maximum Gasteiger partial charge on any atom is 0.308 e. The number of hydrogen-bond acceptors (Lipinski definition) is 5. The number of esters is 1. The van der Waals surface area contributed by atoms with Gasteiger partial charge in [-0.15, -0.1) is 0 Å². The van der Waals surface area contributed by atoms with Crippen LogP contribution in [-0.2, 0) is 16.1 Å². The summed E-state index contributed by atoms with van der Waals surface area (Å²) in [6.45, 7) is 7.86. The third-order valence-corrected chi connectivity index (χ3v) is 5.44. The van der Waals surface area contributed by atoms with E-state index in [1.54, 1.807) is 22.9 Å². The molecule has 0 aliphatic rings. The summed E-state index contributed by atoms with van der Waals surface area (Å²) in [5, 5.41) is 4.64. The van der Waals surface area contributed by atoms with E-state index in [9.17, 15) is 14.4 Å². The first kappa shape index (κ1) is 20.5. The maximum atomic E-state index is 12.5. The number of nitrogens with zero attached hydrogens (tertiary/aromatic N) is 2. The van der Waals surface area contributed by atoms with Gasteiger partial charge in [-0.3, -0.25) is 19.1 Å². The molecule has 0 saturated carbocycles. The fourth-order valence-electron chi connectivity index (χ4n) is 3.33. The SMILES string of the molecule is Cc1cc(C(=O)COC(=O)CCn2ncc(=O)c3ccccc32)c(C)c(C)c1C. The Hall–Kier alpha value is -3.28. The molecule has 6 heteroatoms. The highest BCUT2D eigenvalue weighted by Gasteiger charge is 2.16. The Morgan fingerprint density at radius 1 is 1.03 bits per heavy atom. The first-order chi connectivity index (χ1) is 13.8. The summed E-state index contributed by atoms with van der Waals surface area (Å²) in [7, 11) is 0. The second-order valence-electron chi connectivity index (χ2n) is 7.20. The van der Waals surface area contributed by atoms with Gasteiger partial charge in [-0.1, -0.05) is 12.1 Å². The molecule has 0 aliphatic heterocycles. The quantitative estimate of drug-likeness (QED) is 0.474. The second-order valence-corrected chi connectivity index (χ2v) is 7.20. The molecule has 150 valence electrons. The average molecular weight is 392 g/mol. The number of ether oxygens (including phenoxy) is 1. The highest BCUT2D eigenvalue weighted by molar-refractivity contribution is 5.99. The number of ketones is 1. The van der Waals surface area contributed by atoms with Gasteiger partial charge in [0.25, 0.3) is 0 Å². The zero-order valence-corrected chi connectivity index (χ0v) is 17.1. The normalized spacial score (nSPS) is 10.9. The van der Waals surface area contributed by atoms with E-state index in [1.165, 1.54) is 6.20 Å². The molecule has 0 bridgehead atoms. The summed E-state index contributed by atoms with van der Waals surface area (Å²) >= 11 is 0. The number of aromatic nitrogens is 2. The molecular weight excluding hydrogens is 368 g/mol. The molecule has 6 nitrogen and oxygen atoms in total. The Kier molecular flexibility index (Phi) is 5.92. The van der Waals surface area contributed by atoms with Crippen molar-refractivity contribution >= 4 is 22.7 Å². The zero-order chi connectivity index (χ0) is 21.1. The minimum atomic E-state index is -0.485. The predicted molar refractivity (Wildman–Crippen MR) is 111 cm³/mol. The van der Waals surface area contributed by atoms with E-state index >= 15 is 0 Å². The van der Waals surface area contributed by atoms with Crippen LogP contribution in [0.1, 0.15) is 39.0 Å². The van der Waals surface area contributed by atoms with Crippen molar-refractivity contribution in [3.05, 3.63) is 74.6 Å². The van der Waals surface area contributed by atoms with Gasteiger partial charge in [-0.2, -0.15) is 5.10 Å². The van der Waals surface area contributed by atoms with Gasteiger partial charge in [0.15, 0.2) is 6.61 Å². The number of aryl methyl sites for hydroxylation is 2. The Balaban J connectivity index is 1.64. The van der Waals surface area contributed by atoms with E-state index in [2.05, 4.69) is 5.10 Å². The smallest absolute Gasteiger partial charge is 0.308 e. The van der Waals surface area contributed by atoms with Crippen molar-refractivity contribution in [1.82, 2.24) is 9.78 Å². The van der Waals surface area contributed by atoms with Crippen molar-refractivity contribution < 1.29 is 14.3 Å². The number of rotatable bonds is 6. The molecule has 0 fully saturated rings. The van der Waals surface area contributed by atoms with Crippen molar-refractivity contribution in [2.24, 2.45) is 0 Å². The van der Waals surface area contributed by atoms with Crippen molar-refractivity contribution in [3.63, 3.8) is 0 Å². The van der Waals surface area contributed by atoms with Gasteiger partial charge in [0.1, 0.15) is 0 Å². The van der Waals surface area contributed by atoms with Gasteiger partial charge < -0.3 is 4.74 Å². The Morgan fingerprint density at radius 3 is 2.52 bits per heavy atom. The highest BCUT2D eigenvalue weighted by Crippen LogP contribution is 2.21. The minimum Gasteiger partial charge on any atom is -0.457 e. The number of para-hydroxylation sites is 1. The standard InChI is InChI=1S/C23H24N2O4/c1-14-11-19(17(4)16(3)15(14)2)22(27)13-29-23(28)9-10-25-20-8-6-5-7-18(20)21(26)12-24-25/h5-8,11-12H,9-10,13H2,1-4H3. The molecule has 0 radical (unpaired) electrons. The molecule has 0 aliphatic carbocycles. The molecule has 0 saturated heterocycles. The molecule has 29 heavy (non-hydrogen) atoms. The maximum absolute atomic E-state index is 12.5. The molecule has 1 aromatic heterocycles. The van der Waals surface area contributed by atoms with E-state index in [0.29, 0.717) is 16.5 Å². The number of fused-ring (bicyclic) bond motifs is 1. The molecular formula is C23H24N2O4. The molecule has 0 atom stereocenters. The van der Waals surface area contributed by atoms with Crippen LogP contribution in [0.3, 0.4) is 0 Å². The number of benzene rings is 2. The van der Waals surface area contributed by atoms with Crippen molar-refractivity contribution in [2.45, 2.75) is 40.7 Å². The Morgan fingerprint density at radius 2 is 1.76 bits per heavy atom. The fraction of sp³-hybridized carbons (Fsp3) is 0.304. The first-order valence-electron chi connectivity index (χ1n) is 9.50. The molecule has 0 amide bonds. The molecule has 3 aromatic rings. The topological polar surface area (TPSA) is 78.3 Å². The number of Topliss-reactive ketones (excluding diaryl/α,β-unsaturated/α-hetero) is 1. The summed E-state index contributed by atoms with van der Waals surface area (Å²) < 4.78 is 6.78. The van der Waals surface area contributed by atoms with Crippen LogP contribution in [0.5, 0.6) is 0 Å². The molecule has 0 unspecified atom stereocenters. The second kappa shape index (κ2) is 8.39. The largest absolute Gasteiger partial charge is 0.457 e. The summed E-state index contributed by atoms with van der Waals surface area (Å²) in [5.41, 5.74) is 5.28. The Bertz CT molecular complexity index is 1160. The lowest BCUT2D eigenvalue weighted by Crippen LogP contribution is -2.18. The fourth-order valence-corrected chi connectivity index (χ4v) is 3.33. The summed E-state index contributed by atoms with van der Waals surface area (Å²) in [5.74, 6) is -0.699. The van der Waals surface area contributed by atoms with Gasteiger partial charge in [-0.25, -0.2) is 0 Å². The summed E-state index contributed by atoms with van der Waals surface area (Å²) in [6, 6.07) is 8.95. The molecule has 2 aromatic carbocycles. The zero-order valence-electron chi connectivity index (χ0n) is 17.1. The van der Waals surface area contributed by atoms with Gasteiger partial charge in [0, 0.05) is 10.9 Å². The highest BCUT2D eigenvalue weighted by atomic mass is 16.5. The van der Waals surface area contributed by atoms with Crippen LogP contribution in [0.4, 0.5) is 0 Å². The van der Waals surface area contributed by atoms with Crippen LogP contribution in [0.2, 0.25) is 0 Å². The molecule has 0 N–H and O–H groups in total. The van der Waals surface area contributed by atoms with E-state index < -0.39 is 5.97 Å². The third-order valence-electron chi connectivity index (χ3n) is 5.44. The summed E-state index contributed by atoms with van der Waals surface area (Å²) in [4.78, 5) is 36.6. The van der Waals surface area contributed by atoms with Crippen LogP contribution in [0, 0.1) is 27.7 Å². The molecule has 1 heterocycles. The van der Waals surface area contributed by atoms with Gasteiger partial charge in [0.05, 0.1) is 24.7 Å². The van der Waals surface area contributed by atoms with Crippen LogP contribution in [0.25, 0.3) is 10.9 Å². The predicted octanol–water partition coefficient (Wildman–Crippen LogP) is 3.45. The number of hydrogen-bond donors (Lipinski definition) is 0. The van der Waals surface area contributed by atoms with E-state index in [0.717, 1.165) is 22.3 Å². The first-order valence-corrected chi connectivity index (χ1v) is 9.50. The third kappa shape index (κ3) is 4.26. The Labute approximate surface area is 169 Å². The lowest BCUT2D eigenvalue weighted by molar-refractivity contribution is -0.142. The number of carbonyl (C=O) groups is 2. The van der Waals surface area contributed by atoms with Crippen molar-refractivity contribution in [1.29, 1.82) is 0 Å². The molecule has 0 spiro atoms. The van der Waals surface area contributed by atoms with E-state index in [1.807, 2.05) is 39.8 Å². The van der Waals surface area contributed by atoms with Gasteiger partial charge in [-0.05, 0) is 68.1 Å². The van der Waals surface area contributed by atoms with Crippen LogP contribution in [0.15, 0.2) is 41.3 Å². The van der Waals surface area contributed by atoms with Crippen molar-refractivity contribution in [3.8, 4) is 0 Å². The number of carbonyl (C=O) groups excluding carboxylic acids is 2. The molecule has 3 rings (SSSR count). The van der Waals surface area contributed by atoms with Crippen LogP contribution >= 0.6 is 0 Å². The van der Waals surface area contributed by atoms with E-state index in [4.69, 9.17) is 4.74 Å². The average Bonchev–Trinajstić information content (AvgIpc) is 2.72. The van der Waals surface area contributed by atoms with Crippen molar-refractivity contribution in [2.75, 3.05) is 6.61 Å². The van der Waals surface area contributed by atoms with Gasteiger partial charge in [0.2, 0.25) is 11.2 Å². The monoisotopic (exact) mass is 392 g/mol. The van der Waals surface area contributed by atoms with Crippen LogP contribution < -0.4 is 5.43 Å². The van der Waals surface area contributed by atoms with Crippen LogP contribution in [-0.4, -0.2) is 28.1 Å². The minimum absolute atomic E-state index is 0.0537. The van der Waals surface area contributed by atoms with E-state index in [-0.39, 0.29) is 30.8 Å². The van der Waals surface area contributed by atoms with Gasteiger partial charge >= 0.3 is 5.97 Å². The lowest BCUT2D eigenvalue weighted by Gasteiger charge is -2.14.